The van der Waals surface area contributed by atoms with E-state index in [0.29, 0.717) is 6.20 Å². The van der Waals surface area contributed by atoms with Crippen LogP contribution in [-0.4, -0.2) is 58.2 Å². The van der Waals surface area contributed by atoms with Crippen LogP contribution in [0.5, 0.6) is 0 Å². The number of nitrogen functional groups attached to an aromatic ring is 1. The predicted octanol–water partition coefficient (Wildman–Crippen LogP) is -0.314. The fourth-order valence-corrected chi connectivity index (χ4v) is 6.06. The first-order valence-corrected chi connectivity index (χ1v) is 13.2. The lowest BCUT2D eigenvalue weighted by atomic mass is 9.94. The molecule has 1 saturated heterocycles. The highest BCUT2D eigenvalue weighted by molar-refractivity contribution is 7.66. The molecule has 2 heterocycles. The van der Waals surface area contributed by atoms with Gasteiger partial charge in [0, 0.05) is 0 Å². The van der Waals surface area contributed by atoms with Crippen molar-refractivity contribution in [1.82, 2.24) is 9.55 Å². The van der Waals surface area contributed by atoms with Gasteiger partial charge in [-0.15, -0.1) is 5.92 Å². The number of hydrogen-bond acceptors (Lipinski definition) is 11. The molecular weight excluding hydrogens is 537 g/mol. The highest BCUT2D eigenvalue weighted by Crippen LogP contribution is 2.66. The summed E-state index contributed by atoms with van der Waals surface area (Å²) in [4.78, 5) is 51.2. The highest BCUT2D eigenvalue weighted by atomic mass is 31.3. The quantitative estimate of drug-likeness (QED) is 0.178. The molecule has 1 aliphatic heterocycles. The summed E-state index contributed by atoms with van der Waals surface area (Å²) in [5.74, 6) is 2.02. The number of nitrogens with two attached hydrogens (primary N) is 1. The second-order valence-electron chi connectivity index (χ2n) is 6.61. The topological polar surface area (TPSA) is 250 Å². The van der Waals surface area contributed by atoms with Crippen LogP contribution in [0.2, 0.25) is 0 Å². The van der Waals surface area contributed by atoms with E-state index < -0.39 is 71.0 Å². The third-order valence-corrected chi connectivity index (χ3v) is 7.99. The minimum absolute atomic E-state index is 0.275. The second-order valence-corrected chi connectivity index (χ2v) is 11.0. The lowest BCUT2D eigenvalue weighted by molar-refractivity contribution is -0.0783. The molecule has 1 aromatic heterocycles. The van der Waals surface area contributed by atoms with Gasteiger partial charge in [-0.05, 0) is 13.8 Å². The Bertz CT molecular complexity index is 1210. The molecule has 1 fully saturated rings. The molecule has 7 N–H and O–H groups in total. The third-order valence-electron chi connectivity index (χ3n) is 4.07. The Labute approximate surface area is 188 Å². The number of aliphatic hydroxyl groups is 1. The Balaban J connectivity index is 2.35. The molecule has 0 bridgehead atoms. The Hall–Kier alpha value is -1.57. The Morgan fingerprint density at radius 1 is 1.26 bits per heavy atom. The number of nitrogens with zero attached hydrogens (tertiary/aromatic N) is 2. The Morgan fingerprint density at radius 3 is 2.38 bits per heavy atom. The summed E-state index contributed by atoms with van der Waals surface area (Å²) in [7, 11) is -17.2. The first-order chi connectivity index (χ1) is 15.3. The van der Waals surface area contributed by atoms with E-state index in [9.17, 15) is 37.8 Å². The van der Waals surface area contributed by atoms with E-state index in [4.69, 9.17) is 20.3 Å². The molecule has 3 unspecified atom stereocenters. The summed E-state index contributed by atoms with van der Waals surface area (Å²) in [6, 6.07) is 0. The smallest absolute Gasteiger partial charge is 0.386 e. The number of rotatable bonds is 8. The van der Waals surface area contributed by atoms with Gasteiger partial charge in [-0.25, -0.2) is 27.3 Å². The van der Waals surface area contributed by atoms with E-state index >= 15 is 4.39 Å². The van der Waals surface area contributed by atoms with Crippen LogP contribution in [0.4, 0.5) is 14.6 Å². The van der Waals surface area contributed by atoms with Gasteiger partial charge < -0.3 is 35.2 Å². The maximum Gasteiger partial charge on any atom is 0.490 e. The number of aliphatic hydroxyl groups excluding tert-OH is 1. The molecule has 0 saturated carbocycles. The van der Waals surface area contributed by atoms with E-state index in [-0.39, 0.29) is 4.57 Å². The van der Waals surface area contributed by atoms with Crippen molar-refractivity contribution >= 4 is 29.3 Å². The van der Waals surface area contributed by atoms with Crippen LogP contribution >= 0.6 is 23.5 Å². The molecule has 21 heteroatoms. The van der Waals surface area contributed by atoms with Crippen LogP contribution in [0.3, 0.4) is 0 Å². The first kappa shape index (κ1) is 28.7. The number of phosphoric acid groups is 3. The minimum atomic E-state index is -5.86. The standard InChI is InChI=1S/C13H18F2N3O13P3/c1-3-4-13(15)9(19)8(28-11(13)18-5-7(14)10(16)17-12(18)20)6(2)29-33(24,25)31-34(26,27)30-32(21,22)23/h5-6,8-9,11,19H,1-2H3,(H,24,25)(H,26,27)(H2,16,17,20)(H2,21,22,23)/t6-,8+,9-,11+,13?/m0/s1. The van der Waals surface area contributed by atoms with E-state index in [1.54, 1.807) is 0 Å². The Kier molecular flexibility index (Phi) is 8.28. The monoisotopic (exact) mass is 555 g/mol. The van der Waals surface area contributed by atoms with E-state index in [0.717, 1.165) is 13.8 Å². The number of aromatic nitrogens is 2. The minimum Gasteiger partial charge on any atom is -0.386 e. The second kappa shape index (κ2) is 9.82. The molecule has 34 heavy (non-hydrogen) atoms. The van der Waals surface area contributed by atoms with Crippen molar-refractivity contribution < 1.29 is 65.0 Å². The average Bonchev–Trinajstić information content (AvgIpc) is 2.86. The average molecular weight is 555 g/mol. The van der Waals surface area contributed by atoms with Gasteiger partial charge in [0.05, 0.1) is 12.3 Å². The number of hydrogen-bond donors (Lipinski definition) is 6. The molecular formula is C13H18F2N3O13P3. The number of halogens is 2. The summed E-state index contributed by atoms with van der Waals surface area (Å²) < 4.78 is 80.8. The van der Waals surface area contributed by atoms with Gasteiger partial charge in [0.25, 0.3) is 0 Å². The van der Waals surface area contributed by atoms with Gasteiger partial charge in [-0.1, -0.05) is 5.92 Å². The van der Waals surface area contributed by atoms with E-state index in [2.05, 4.69) is 24.0 Å². The van der Waals surface area contributed by atoms with Gasteiger partial charge >= 0.3 is 29.2 Å². The molecule has 0 aliphatic carbocycles. The summed E-state index contributed by atoms with van der Waals surface area (Å²) in [6.07, 6.45) is -7.93. The molecule has 0 aromatic carbocycles. The van der Waals surface area contributed by atoms with Crippen LogP contribution in [0, 0.1) is 17.7 Å². The van der Waals surface area contributed by atoms with Crippen LogP contribution < -0.4 is 11.4 Å². The highest BCUT2D eigenvalue weighted by Gasteiger charge is 2.60. The molecule has 7 atom stereocenters. The third kappa shape index (κ3) is 6.55. The van der Waals surface area contributed by atoms with Crippen molar-refractivity contribution in [1.29, 1.82) is 0 Å². The molecule has 192 valence electrons. The number of alkyl halides is 1. The summed E-state index contributed by atoms with van der Waals surface area (Å²) in [6.45, 7) is 2.04. The van der Waals surface area contributed by atoms with Crippen molar-refractivity contribution in [2.24, 2.45) is 0 Å². The van der Waals surface area contributed by atoms with Gasteiger partial charge in [-0.2, -0.15) is 13.6 Å². The largest absolute Gasteiger partial charge is 0.490 e. The molecule has 0 amide bonds. The maximum absolute atomic E-state index is 15.7. The zero-order valence-electron chi connectivity index (χ0n) is 17.0. The van der Waals surface area contributed by atoms with Crippen molar-refractivity contribution in [3.8, 4) is 11.8 Å². The van der Waals surface area contributed by atoms with Crippen molar-refractivity contribution in [2.75, 3.05) is 5.73 Å². The lowest BCUT2D eigenvalue weighted by Crippen LogP contribution is -2.45. The molecule has 1 aliphatic rings. The van der Waals surface area contributed by atoms with Crippen LogP contribution in [0.1, 0.15) is 20.1 Å². The SMILES string of the molecule is CC#CC1(F)[C@@H](O)[C@@H]([C@H](C)OP(=O)(O)OP(=O)(O)OP(=O)(O)O)O[C@H]1n1cc(F)c(N)nc1=O. The van der Waals surface area contributed by atoms with E-state index in [1.165, 1.54) is 0 Å². The van der Waals surface area contributed by atoms with Gasteiger partial charge in [0.2, 0.25) is 5.67 Å². The number of anilines is 1. The van der Waals surface area contributed by atoms with Crippen molar-refractivity contribution in [3.05, 3.63) is 22.5 Å². The lowest BCUT2D eigenvalue weighted by Gasteiger charge is -2.25. The molecule has 2 rings (SSSR count). The van der Waals surface area contributed by atoms with Gasteiger partial charge in [0.1, 0.15) is 12.2 Å². The zero-order valence-corrected chi connectivity index (χ0v) is 19.6. The molecule has 0 radical (unpaired) electrons. The van der Waals surface area contributed by atoms with Crippen LogP contribution in [0.15, 0.2) is 11.0 Å². The number of phosphoric ester groups is 1. The summed E-state index contributed by atoms with van der Waals surface area (Å²) >= 11 is 0. The number of ether oxygens (including phenoxy) is 1. The normalized spacial score (nSPS) is 29.5. The molecule has 16 nitrogen and oxygen atoms in total. The van der Waals surface area contributed by atoms with Crippen LogP contribution in [-0.2, 0) is 31.6 Å². The van der Waals surface area contributed by atoms with Gasteiger partial charge in [-0.3, -0.25) is 9.09 Å². The first-order valence-electron chi connectivity index (χ1n) is 8.64. The predicted molar refractivity (Wildman–Crippen MR) is 104 cm³/mol. The fourth-order valence-electron chi connectivity index (χ4n) is 2.86. The zero-order chi connectivity index (χ0) is 26.3. The van der Waals surface area contributed by atoms with Gasteiger partial charge in [0.15, 0.2) is 17.9 Å². The van der Waals surface area contributed by atoms with E-state index in [1.807, 2.05) is 5.92 Å². The van der Waals surface area contributed by atoms with Crippen molar-refractivity contribution in [3.63, 3.8) is 0 Å². The molecule has 1 aromatic rings. The fraction of sp³-hybridized carbons (Fsp3) is 0.538. The van der Waals surface area contributed by atoms with Crippen molar-refractivity contribution in [2.45, 2.75) is 44.1 Å². The maximum atomic E-state index is 15.7. The summed E-state index contributed by atoms with van der Waals surface area (Å²) in [5, 5.41) is 10.5. The van der Waals surface area contributed by atoms with Crippen LogP contribution in [0.25, 0.3) is 0 Å². The Morgan fingerprint density at radius 2 is 1.85 bits per heavy atom. The summed E-state index contributed by atoms with van der Waals surface area (Å²) in [5.41, 5.74) is 0.723. The molecule has 0 spiro atoms.